The second kappa shape index (κ2) is 9.53. The van der Waals surface area contributed by atoms with Gasteiger partial charge in [-0.25, -0.2) is 8.42 Å². The van der Waals surface area contributed by atoms with Crippen molar-refractivity contribution < 1.29 is 8.42 Å². The third-order valence-electron chi connectivity index (χ3n) is 3.52. The predicted molar refractivity (Wildman–Crippen MR) is 104 cm³/mol. The Balaban J connectivity index is 0.00000288. The second-order valence-corrected chi connectivity index (χ2v) is 8.16. The van der Waals surface area contributed by atoms with Crippen LogP contribution < -0.4 is 5.73 Å². The molecule has 0 atom stereocenters. The van der Waals surface area contributed by atoms with Crippen LogP contribution in [0.4, 0.5) is 0 Å². The Morgan fingerprint density at radius 2 is 1.79 bits per heavy atom. The molecule has 132 valence electrons. The van der Waals surface area contributed by atoms with Crippen LogP contribution in [0.5, 0.6) is 0 Å². The standard InChI is InChI=1S/C17H21BrN2O2S.ClH/c1-14-8-9-16(18)17(12-14)23(21,22)20(11-5-10-19)13-15-6-3-2-4-7-15;/h2-4,6-9,12H,5,10-11,13,19H2,1H3;1H. The van der Waals surface area contributed by atoms with Crippen LogP contribution in [0.1, 0.15) is 17.5 Å². The zero-order chi connectivity index (χ0) is 16.9. The van der Waals surface area contributed by atoms with Crippen molar-refractivity contribution in [1.29, 1.82) is 0 Å². The second-order valence-electron chi connectivity index (χ2n) is 5.40. The van der Waals surface area contributed by atoms with E-state index in [4.69, 9.17) is 5.73 Å². The fourth-order valence-corrected chi connectivity index (χ4v) is 4.76. The van der Waals surface area contributed by atoms with E-state index in [-0.39, 0.29) is 12.4 Å². The molecule has 7 heteroatoms. The highest BCUT2D eigenvalue weighted by Crippen LogP contribution is 2.27. The van der Waals surface area contributed by atoms with Gasteiger partial charge in [0, 0.05) is 17.6 Å². The summed E-state index contributed by atoms with van der Waals surface area (Å²) in [5.74, 6) is 0. The molecule has 0 aliphatic rings. The molecule has 0 aliphatic heterocycles. The molecule has 2 aromatic carbocycles. The number of nitrogens with zero attached hydrogens (tertiary/aromatic N) is 1. The van der Waals surface area contributed by atoms with Crippen molar-refractivity contribution in [2.45, 2.75) is 24.8 Å². The average molecular weight is 434 g/mol. The number of hydrogen-bond donors (Lipinski definition) is 1. The van der Waals surface area contributed by atoms with Crippen molar-refractivity contribution in [2.24, 2.45) is 5.73 Å². The van der Waals surface area contributed by atoms with Crippen LogP contribution in [0.15, 0.2) is 57.9 Å². The summed E-state index contributed by atoms with van der Waals surface area (Å²) in [4.78, 5) is 0.297. The minimum absolute atomic E-state index is 0. The maximum Gasteiger partial charge on any atom is 0.244 e. The lowest BCUT2D eigenvalue weighted by atomic mass is 10.2. The van der Waals surface area contributed by atoms with Crippen LogP contribution in [0.25, 0.3) is 0 Å². The van der Waals surface area contributed by atoms with Crippen molar-refractivity contribution in [2.75, 3.05) is 13.1 Å². The molecule has 0 aromatic heterocycles. The first-order valence-corrected chi connectivity index (χ1v) is 9.69. The van der Waals surface area contributed by atoms with Gasteiger partial charge in [-0.2, -0.15) is 4.31 Å². The molecule has 0 fully saturated rings. The SMILES string of the molecule is Cc1ccc(Br)c(S(=O)(=O)N(CCCN)Cc2ccccc2)c1.Cl. The molecule has 0 amide bonds. The first-order chi connectivity index (χ1) is 10.9. The highest BCUT2D eigenvalue weighted by molar-refractivity contribution is 9.10. The van der Waals surface area contributed by atoms with Crippen LogP contribution in [0.2, 0.25) is 0 Å². The van der Waals surface area contributed by atoms with Gasteiger partial charge in [0.25, 0.3) is 0 Å². The van der Waals surface area contributed by atoms with Gasteiger partial charge >= 0.3 is 0 Å². The van der Waals surface area contributed by atoms with E-state index in [2.05, 4.69) is 15.9 Å². The smallest absolute Gasteiger partial charge is 0.244 e. The Morgan fingerprint density at radius 1 is 1.12 bits per heavy atom. The summed E-state index contributed by atoms with van der Waals surface area (Å²) in [7, 11) is -3.59. The highest BCUT2D eigenvalue weighted by Gasteiger charge is 2.26. The van der Waals surface area contributed by atoms with Crippen molar-refractivity contribution in [3.8, 4) is 0 Å². The van der Waals surface area contributed by atoms with E-state index < -0.39 is 10.0 Å². The molecule has 2 aromatic rings. The first-order valence-electron chi connectivity index (χ1n) is 7.45. The molecule has 0 saturated heterocycles. The molecule has 0 spiro atoms. The minimum atomic E-state index is -3.59. The van der Waals surface area contributed by atoms with Crippen LogP contribution in [0.3, 0.4) is 0 Å². The van der Waals surface area contributed by atoms with Crippen LogP contribution in [0, 0.1) is 6.92 Å². The normalized spacial score (nSPS) is 11.3. The van der Waals surface area contributed by atoms with E-state index >= 15 is 0 Å². The summed E-state index contributed by atoms with van der Waals surface area (Å²) in [6.45, 7) is 3.07. The van der Waals surface area contributed by atoms with Gasteiger partial charge in [0.1, 0.15) is 0 Å². The summed E-state index contributed by atoms with van der Waals surface area (Å²) in [5.41, 5.74) is 7.44. The van der Waals surface area contributed by atoms with E-state index in [0.717, 1.165) is 11.1 Å². The van der Waals surface area contributed by atoms with Crippen LogP contribution in [-0.4, -0.2) is 25.8 Å². The molecule has 24 heavy (non-hydrogen) atoms. The highest BCUT2D eigenvalue weighted by atomic mass is 79.9. The predicted octanol–water partition coefficient (Wildman–Crippen LogP) is 3.72. The van der Waals surface area contributed by atoms with Gasteiger partial charge in [0.05, 0.1) is 4.90 Å². The fourth-order valence-electron chi connectivity index (χ4n) is 2.29. The van der Waals surface area contributed by atoms with E-state index in [9.17, 15) is 8.42 Å². The number of rotatable bonds is 7. The van der Waals surface area contributed by atoms with Crippen molar-refractivity contribution in [1.82, 2.24) is 4.31 Å². The Hall–Kier alpha value is -0.920. The zero-order valence-corrected chi connectivity index (χ0v) is 16.7. The molecule has 0 bridgehead atoms. The molecule has 2 N–H and O–H groups in total. The summed E-state index contributed by atoms with van der Waals surface area (Å²) in [5, 5.41) is 0. The maximum atomic E-state index is 13.1. The molecule has 0 unspecified atom stereocenters. The Kier molecular flexibility index (Phi) is 8.39. The van der Waals surface area contributed by atoms with Crippen molar-refractivity contribution >= 4 is 38.4 Å². The summed E-state index contributed by atoms with van der Waals surface area (Å²) >= 11 is 3.36. The topological polar surface area (TPSA) is 63.4 Å². The minimum Gasteiger partial charge on any atom is -0.330 e. The Morgan fingerprint density at radius 3 is 2.42 bits per heavy atom. The van der Waals surface area contributed by atoms with Crippen molar-refractivity contribution in [3.63, 3.8) is 0 Å². The van der Waals surface area contributed by atoms with E-state index in [0.29, 0.717) is 35.4 Å². The average Bonchev–Trinajstić information content (AvgIpc) is 2.54. The molecule has 0 heterocycles. The van der Waals surface area contributed by atoms with Crippen LogP contribution >= 0.6 is 28.3 Å². The van der Waals surface area contributed by atoms with Gasteiger partial charge < -0.3 is 5.73 Å². The summed E-state index contributed by atoms with van der Waals surface area (Å²) < 4.78 is 28.2. The third kappa shape index (κ3) is 5.29. The molecule has 0 aliphatic carbocycles. The quantitative estimate of drug-likeness (QED) is 0.724. The van der Waals surface area contributed by atoms with E-state index in [1.165, 1.54) is 4.31 Å². The number of nitrogens with two attached hydrogens (primary N) is 1. The number of sulfonamides is 1. The lowest BCUT2D eigenvalue weighted by Gasteiger charge is -2.23. The molecule has 2 rings (SSSR count). The van der Waals surface area contributed by atoms with E-state index in [1.807, 2.05) is 43.3 Å². The Bertz CT molecular complexity index is 754. The summed E-state index contributed by atoms with van der Waals surface area (Å²) in [6.07, 6.45) is 0.621. The van der Waals surface area contributed by atoms with Crippen LogP contribution in [-0.2, 0) is 16.6 Å². The molecule has 0 radical (unpaired) electrons. The number of aryl methyl sites for hydroxylation is 1. The fraction of sp³-hybridized carbons (Fsp3) is 0.294. The maximum absolute atomic E-state index is 13.1. The van der Waals surface area contributed by atoms with Gasteiger partial charge in [0.2, 0.25) is 10.0 Å². The van der Waals surface area contributed by atoms with Crippen molar-refractivity contribution in [3.05, 3.63) is 64.1 Å². The third-order valence-corrected chi connectivity index (χ3v) is 6.36. The van der Waals surface area contributed by atoms with Gasteiger partial charge in [-0.05, 0) is 59.1 Å². The monoisotopic (exact) mass is 432 g/mol. The number of benzene rings is 2. The molecular weight excluding hydrogens is 412 g/mol. The van der Waals surface area contributed by atoms with Gasteiger partial charge in [0.15, 0.2) is 0 Å². The van der Waals surface area contributed by atoms with Gasteiger partial charge in [-0.15, -0.1) is 12.4 Å². The lowest BCUT2D eigenvalue weighted by Crippen LogP contribution is -2.33. The van der Waals surface area contributed by atoms with Gasteiger partial charge in [-0.3, -0.25) is 0 Å². The molecule has 0 saturated carbocycles. The summed E-state index contributed by atoms with van der Waals surface area (Å²) in [6, 6.07) is 14.9. The Labute approximate surface area is 158 Å². The van der Waals surface area contributed by atoms with E-state index in [1.54, 1.807) is 12.1 Å². The zero-order valence-electron chi connectivity index (χ0n) is 13.5. The first kappa shape index (κ1) is 21.1. The molecular formula is C17H22BrClN2O2S. The lowest BCUT2D eigenvalue weighted by molar-refractivity contribution is 0.401. The van der Waals surface area contributed by atoms with Gasteiger partial charge in [-0.1, -0.05) is 36.4 Å². The number of hydrogen-bond acceptors (Lipinski definition) is 3. The molecule has 4 nitrogen and oxygen atoms in total. The number of halogens is 2. The largest absolute Gasteiger partial charge is 0.330 e.